The molecule has 1 aliphatic rings. The van der Waals surface area contributed by atoms with Gasteiger partial charge in [0.15, 0.2) is 5.96 Å². The maximum atomic E-state index is 11.8. The Hall–Kier alpha value is -0.570. The molecule has 1 unspecified atom stereocenters. The number of halogens is 1. The highest BCUT2D eigenvalue weighted by Gasteiger charge is 2.22. The lowest BCUT2D eigenvalue weighted by Crippen LogP contribution is -2.44. The van der Waals surface area contributed by atoms with Crippen LogP contribution in [0.5, 0.6) is 0 Å². The highest BCUT2D eigenvalue weighted by molar-refractivity contribution is 14.0. The van der Waals surface area contributed by atoms with Crippen LogP contribution in [0.3, 0.4) is 0 Å². The fourth-order valence-corrected chi connectivity index (χ4v) is 2.68. The van der Waals surface area contributed by atoms with Gasteiger partial charge in [0.1, 0.15) is 0 Å². The summed E-state index contributed by atoms with van der Waals surface area (Å²) in [6.45, 7) is 15.3. The van der Waals surface area contributed by atoms with Crippen molar-refractivity contribution < 1.29 is 4.79 Å². The average molecular weight is 453 g/mol. The molecule has 1 amide bonds. The molecule has 3 N–H and O–H groups in total. The number of amides is 1. The molecule has 6 nitrogen and oxygen atoms in total. The van der Waals surface area contributed by atoms with Gasteiger partial charge in [0.05, 0.1) is 6.54 Å². The van der Waals surface area contributed by atoms with Crippen molar-refractivity contribution in [3.05, 3.63) is 0 Å². The van der Waals surface area contributed by atoms with E-state index in [1.54, 1.807) is 0 Å². The third-order valence-corrected chi connectivity index (χ3v) is 4.09. The van der Waals surface area contributed by atoms with Crippen LogP contribution in [-0.4, -0.2) is 62.1 Å². The largest absolute Gasteiger partial charge is 0.357 e. The van der Waals surface area contributed by atoms with E-state index in [1.807, 2.05) is 20.8 Å². The van der Waals surface area contributed by atoms with Gasteiger partial charge in [-0.15, -0.1) is 24.0 Å². The SMILES string of the molecule is CCNC(=NCC1CCCN1CC)NCCNC(=O)C(C)(C)C.I. The van der Waals surface area contributed by atoms with Crippen molar-refractivity contribution in [1.29, 1.82) is 0 Å². The minimum Gasteiger partial charge on any atom is -0.357 e. The molecular weight excluding hydrogens is 417 g/mol. The van der Waals surface area contributed by atoms with Gasteiger partial charge in [0, 0.05) is 31.1 Å². The van der Waals surface area contributed by atoms with Gasteiger partial charge in [-0.3, -0.25) is 14.7 Å². The topological polar surface area (TPSA) is 68.8 Å². The monoisotopic (exact) mass is 453 g/mol. The number of likely N-dealkylation sites (N-methyl/N-ethyl adjacent to an activating group) is 1. The van der Waals surface area contributed by atoms with Crippen LogP contribution in [0.1, 0.15) is 47.5 Å². The number of likely N-dealkylation sites (tertiary alicyclic amines) is 1. The predicted molar refractivity (Wildman–Crippen MR) is 112 cm³/mol. The van der Waals surface area contributed by atoms with Crippen LogP contribution in [0.15, 0.2) is 4.99 Å². The first-order chi connectivity index (χ1) is 10.9. The Kier molecular flexibility index (Phi) is 11.6. The highest BCUT2D eigenvalue weighted by Crippen LogP contribution is 2.16. The van der Waals surface area contributed by atoms with Gasteiger partial charge >= 0.3 is 0 Å². The second-order valence-corrected chi connectivity index (χ2v) is 7.08. The summed E-state index contributed by atoms with van der Waals surface area (Å²) in [7, 11) is 0. The Bertz CT molecular complexity index is 395. The molecule has 24 heavy (non-hydrogen) atoms. The summed E-state index contributed by atoms with van der Waals surface area (Å²) in [4.78, 5) is 19.0. The van der Waals surface area contributed by atoms with Crippen LogP contribution in [-0.2, 0) is 4.79 Å². The fraction of sp³-hybridized carbons (Fsp3) is 0.882. The molecular formula is C17H36IN5O. The first-order valence-corrected chi connectivity index (χ1v) is 8.93. The molecule has 0 saturated carbocycles. The summed E-state index contributed by atoms with van der Waals surface area (Å²) in [6.07, 6.45) is 2.51. The minimum atomic E-state index is -0.343. The van der Waals surface area contributed by atoms with Gasteiger partial charge in [-0.25, -0.2) is 0 Å². The summed E-state index contributed by atoms with van der Waals surface area (Å²) >= 11 is 0. The molecule has 0 aliphatic carbocycles. The molecule has 0 aromatic heterocycles. The molecule has 1 heterocycles. The van der Waals surface area contributed by atoms with E-state index in [2.05, 4.69) is 34.7 Å². The number of carbonyl (C=O) groups is 1. The number of aliphatic imine (C=N–C) groups is 1. The van der Waals surface area contributed by atoms with Crippen LogP contribution in [0, 0.1) is 5.41 Å². The van der Waals surface area contributed by atoms with Crippen LogP contribution in [0.4, 0.5) is 0 Å². The maximum absolute atomic E-state index is 11.8. The van der Waals surface area contributed by atoms with E-state index in [4.69, 9.17) is 4.99 Å². The van der Waals surface area contributed by atoms with E-state index < -0.39 is 0 Å². The molecule has 142 valence electrons. The summed E-state index contributed by atoms with van der Waals surface area (Å²) < 4.78 is 0. The number of rotatable bonds is 7. The number of carbonyl (C=O) groups excluding carboxylic acids is 1. The fourth-order valence-electron chi connectivity index (χ4n) is 2.68. The summed E-state index contributed by atoms with van der Waals surface area (Å²) in [5.74, 6) is 0.909. The Morgan fingerprint density at radius 1 is 1.17 bits per heavy atom. The van der Waals surface area contributed by atoms with E-state index in [0.717, 1.165) is 25.6 Å². The van der Waals surface area contributed by atoms with Crippen molar-refractivity contribution in [1.82, 2.24) is 20.9 Å². The molecule has 1 aliphatic heterocycles. The third kappa shape index (κ3) is 8.50. The Labute approximate surface area is 164 Å². The van der Waals surface area contributed by atoms with E-state index in [0.29, 0.717) is 19.1 Å². The quantitative estimate of drug-likeness (QED) is 0.238. The van der Waals surface area contributed by atoms with Crippen molar-refractivity contribution in [2.75, 3.05) is 39.3 Å². The lowest BCUT2D eigenvalue weighted by Gasteiger charge is -2.21. The Morgan fingerprint density at radius 3 is 2.42 bits per heavy atom. The van der Waals surface area contributed by atoms with Crippen molar-refractivity contribution in [2.24, 2.45) is 10.4 Å². The van der Waals surface area contributed by atoms with Crippen LogP contribution in [0.25, 0.3) is 0 Å². The molecule has 0 aromatic carbocycles. The Balaban J connectivity index is 0.00000529. The van der Waals surface area contributed by atoms with Crippen LogP contribution >= 0.6 is 24.0 Å². The molecule has 7 heteroatoms. The van der Waals surface area contributed by atoms with Crippen LogP contribution < -0.4 is 16.0 Å². The zero-order chi connectivity index (χ0) is 17.3. The van der Waals surface area contributed by atoms with E-state index in [9.17, 15) is 4.79 Å². The van der Waals surface area contributed by atoms with Gasteiger partial charge < -0.3 is 16.0 Å². The number of nitrogens with one attached hydrogen (secondary N) is 3. The molecule has 0 spiro atoms. The zero-order valence-corrected chi connectivity index (χ0v) is 18.3. The van der Waals surface area contributed by atoms with Crippen molar-refractivity contribution in [3.8, 4) is 0 Å². The van der Waals surface area contributed by atoms with Crippen molar-refractivity contribution in [3.63, 3.8) is 0 Å². The second kappa shape index (κ2) is 11.9. The molecule has 1 saturated heterocycles. The van der Waals surface area contributed by atoms with Crippen molar-refractivity contribution in [2.45, 2.75) is 53.5 Å². The standard InChI is InChI=1S/C17H35N5O.HI/c1-6-18-16(20-11-10-19-15(23)17(3,4)5)21-13-14-9-8-12-22(14)7-2;/h14H,6-13H2,1-5H3,(H,19,23)(H2,18,20,21);1H. The lowest BCUT2D eigenvalue weighted by atomic mass is 9.96. The predicted octanol–water partition coefficient (Wildman–Crippen LogP) is 1.81. The minimum absolute atomic E-state index is 0. The molecule has 1 atom stereocenters. The number of guanidine groups is 1. The summed E-state index contributed by atoms with van der Waals surface area (Å²) in [5, 5.41) is 9.50. The number of hydrogen-bond donors (Lipinski definition) is 3. The second-order valence-electron chi connectivity index (χ2n) is 7.08. The third-order valence-electron chi connectivity index (χ3n) is 4.09. The normalized spacial score (nSPS) is 18.9. The van der Waals surface area contributed by atoms with E-state index in [1.165, 1.54) is 19.4 Å². The van der Waals surface area contributed by atoms with E-state index >= 15 is 0 Å². The molecule has 0 radical (unpaired) electrons. The van der Waals surface area contributed by atoms with Gasteiger partial charge in [-0.05, 0) is 32.9 Å². The van der Waals surface area contributed by atoms with E-state index in [-0.39, 0.29) is 35.3 Å². The molecule has 1 fully saturated rings. The molecule has 0 aromatic rings. The zero-order valence-electron chi connectivity index (χ0n) is 15.9. The lowest BCUT2D eigenvalue weighted by molar-refractivity contribution is -0.128. The first-order valence-electron chi connectivity index (χ1n) is 8.93. The Morgan fingerprint density at radius 2 is 1.83 bits per heavy atom. The number of hydrogen-bond acceptors (Lipinski definition) is 3. The van der Waals surface area contributed by atoms with Crippen molar-refractivity contribution >= 4 is 35.8 Å². The summed E-state index contributed by atoms with van der Waals surface area (Å²) in [5.41, 5.74) is -0.343. The van der Waals surface area contributed by atoms with Gasteiger partial charge in [-0.2, -0.15) is 0 Å². The van der Waals surface area contributed by atoms with Gasteiger partial charge in [0.2, 0.25) is 5.91 Å². The highest BCUT2D eigenvalue weighted by atomic mass is 127. The number of nitrogens with zero attached hydrogens (tertiary/aromatic N) is 2. The summed E-state index contributed by atoms with van der Waals surface area (Å²) in [6, 6.07) is 0.566. The van der Waals surface area contributed by atoms with Gasteiger partial charge in [0.25, 0.3) is 0 Å². The maximum Gasteiger partial charge on any atom is 0.225 e. The first kappa shape index (κ1) is 23.4. The molecule has 0 bridgehead atoms. The van der Waals surface area contributed by atoms with Crippen LogP contribution in [0.2, 0.25) is 0 Å². The van der Waals surface area contributed by atoms with Gasteiger partial charge in [-0.1, -0.05) is 27.7 Å². The molecule has 1 rings (SSSR count). The average Bonchev–Trinajstić information content (AvgIpc) is 2.95. The smallest absolute Gasteiger partial charge is 0.225 e.